The molecule has 1 saturated carbocycles. The Labute approximate surface area is 198 Å². The van der Waals surface area contributed by atoms with Crippen molar-refractivity contribution in [1.82, 2.24) is 23.7 Å². The molecular formula is C24H27N5O4S. The fourth-order valence-electron chi connectivity index (χ4n) is 4.82. The van der Waals surface area contributed by atoms with Crippen LogP contribution in [0.15, 0.2) is 52.3 Å². The first-order valence-electron chi connectivity index (χ1n) is 11.6. The van der Waals surface area contributed by atoms with E-state index in [0.29, 0.717) is 11.2 Å². The van der Waals surface area contributed by atoms with Crippen LogP contribution in [0.1, 0.15) is 47.8 Å². The van der Waals surface area contributed by atoms with E-state index in [0.717, 1.165) is 31.2 Å². The van der Waals surface area contributed by atoms with Gasteiger partial charge >= 0.3 is 0 Å². The third kappa shape index (κ3) is 4.06. The van der Waals surface area contributed by atoms with E-state index >= 15 is 0 Å². The molecule has 1 atom stereocenters. The highest BCUT2D eigenvalue weighted by atomic mass is 32.3. The Bertz CT molecular complexity index is 1330. The molecule has 1 aromatic carbocycles. The Kier molecular flexibility index (Phi) is 6.05. The third-order valence-electron chi connectivity index (χ3n) is 6.72. The number of hydrogen-bond acceptors (Lipinski definition) is 6. The molecule has 1 aliphatic heterocycles. The Hall–Kier alpha value is -2.95. The van der Waals surface area contributed by atoms with Crippen LogP contribution >= 0.6 is 0 Å². The van der Waals surface area contributed by atoms with E-state index < -0.39 is 21.9 Å². The standard InChI is InChI=1S/C24H27N5O4S/c1-17-8-10-19(11-9-17)34(32,33)28-15-13-27(14-16-28)23(30)21-24(31)29(18-5-2-3-6-18)22-20(26-21)7-4-12-25-22/h4,7-12,18H,2-3,5-6,13-16H2,1H3. The molecule has 2 aromatic heterocycles. The average molecular weight is 482 g/mol. The average Bonchev–Trinajstić information content (AvgIpc) is 3.38. The smallest absolute Gasteiger partial charge is 0.284 e. The van der Waals surface area contributed by atoms with E-state index in [2.05, 4.69) is 9.97 Å². The lowest BCUT2D eigenvalue weighted by molar-refractivity contribution is 0.0684. The molecule has 178 valence electrons. The van der Waals surface area contributed by atoms with Crippen molar-refractivity contribution in [3.63, 3.8) is 0 Å². The van der Waals surface area contributed by atoms with Crippen LogP contribution in [0.3, 0.4) is 0 Å². The lowest BCUT2D eigenvalue weighted by Crippen LogP contribution is -2.53. The number of nitrogens with zero attached hydrogens (tertiary/aromatic N) is 5. The maximum absolute atomic E-state index is 13.4. The van der Waals surface area contributed by atoms with E-state index in [9.17, 15) is 18.4 Å². The minimum absolute atomic E-state index is 0.0101. The van der Waals surface area contributed by atoms with Gasteiger partial charge in [0.1, 0.15) is 5.52 Å². The van der Waals surface area contributed by atoms with Gasteiger partial charge in [0, 0.05) is 25.3 Å². The zero-order valence-electron chi connectivity index (χ0n) is 19.1. The summed E-state index contributed by atoms with van der Waals surface area (Å²) in [6.45, 7) is 2.61. The summed E-state index contributed by atoms with van der Waals surface area (Å²) in [7, 11) is -3.64. The Balaban J connectivity index is 1.39. The number of rotatable bonds is 4. The van der Waals surface area contributed by atoms with Gasteiger partial charge in [0.15, 0.2) is 26.6 Å². The van der Waals surface area contributed by atoms with Crippen molar-refractivity contribution < 1.29 is 13.6 Å². The van der Waals surface area contributed by atoms with Gasteiger partial charge in [-0.15, -0.1) is 4.31 Å². The number of benzene rings is 1. The zero-order chi connectivity index (χ0) is 23.9. The summed E-state index contributed by atoms with van der Waals surface area (Å²) in [5.41, 5.74) is 1.46. The molecule has 2 aliphatic rings. The van der Waals surface area contributed by atoms with Crippen molar-refractivity contribution in [2.24, 2.45) is 0 Å². The second-order valence-electron chi connectivity index (χ2n) is 8.93. The predicted octanol–water partition coefficient (Wildman–Crippen LogP) is 2.58. The van der Waals surface area contributed by atoms with Crippen molar-refractivity contribution in [1.29, 1.82) is 0 Å². The largest absolute Gasteiger partial charge is 0.593 e. The molecule has 3 heterocycles. The molecule has 10 heteroatoms. The number of sulfonamides is 1. The van der Waals surface area contributed by atoms with Gasteiger partial charge in [-0.2, -0.15) is 0 Å². The van der Waals surface area contributed by atoms with Crippen LogP contribution in [0.2, 0.25) is 0 Å². The number of carbonyl (C=O) groups excluding carboxylic acids is 1. The van der Waals surface area contributed by atoms with Gasteiger partial charge in [0.2, 0.25) is 0 Å². The van der Waals surface area contributed by atoms with E-state index in [4.69, 9.17) is 0 Å². The first-order chi connectivity index (χ1) is 16.4. The zero-order valence-corrected chi connectivity index (χ0v) is 19.9. The number of carbonyl (C=O) groups is 1. The minimum atomic E-state index is -3.64. The topological polar surface area (TPSA) is 111 Å². The molecule has 0 bridgehead atoms. The summed E-state index contributed by atoms with van der Waals surface area (Å²) in [6, 6.07) is 10.2. The summed E-state index contributed by atoms with van der Waals surface area (Å²) in [4.78, 5) is 37.3. The van der Waals surface area contributed by atoms with E-state index in [1.165, 1.54) is 9.21 Å². The number of amides is 1. The van der Waals surface area contributed by atoms with Crippen LogP contribution < -0.4 is 5.56 Å². The first-order valence-corrected chi connectivity index (χ1v) is 13.0. The van der Waals surface area contributed by atoms with Crippen molar-refractivity contribution in [3.8, 4) is 0 Å². The molecule has 0 N–H and O–H groups in total. The maximum Gasteiger partial charge on any atom is 0.284 e. The molecule has 3 aromatic rings. The highest BCUT2D eigenvalue weighted by Crippen LogP contribution is 2.30. The molecule has 1 saturated heterocycles. The molecule has 0 spiro atoms. The van der Waals surface area contributed by atoms with Gasteiger partial charge in [0.25, 0.3) is 11.5 Å². The van der Waals surface area contributed by atoms with Gasteiger partial charge < -0.3 is 9.45 Å². The lowest BCUT2D eigenvalue weighted by Gasteiger charge is -2.35. The second-order valence-corrected chi connectivity index (χ2v) is 10.9. The molecule has 9 nitrogen and oxygen atoms in total. The molecule has 5 rings (SSSR count). The highest BCUT2D eigenvalue weighted by molar-refractivity contribution is 7.95. The number of aromatic nitrogens is 3. The third-order valence-corrected chi connectivity index (χ3v) is 8.64. The number of fused-ring (bicyclic) bond motifs is 1. The molecule has 2 fully saturated rings. The molecule has 1 amide bonds. The summed E-state index contributed by atoms with van der Waals surface area (Å²) in [5, 5.41) is 0. The summed E-state index contributed by atoms with van der Waals surface area (Å²) in [6.07, 6.45) is 5.45. The van der Waals surface area contributed by atoms with E-state index in [-0.39, 0.29) is 42.8 Å². The van der Waals surface area contributed by atoms with Crippen LogP contribution in [-0.4, -0.2) is 60.4 Å². The van der Waals surface area contributed by atoms with Gasteiger partial charge in [-0.25, -0.2) is 9.97 Å². The minimum Gasteiger partial charge on any atom is -0.593 e. The van der Waals surface area contributed by atoms with E-state index in [1.807, 2.05) is 6.92 Å². The van der Waals surface area contributed by atoms with Crippen molar-refractivity contribution in [2.75, 3.05) is 26.2 Å². The fraction of sp³-hybridized carbons (Fsp3) is 0.417. The quantitative estimate of drug-likeness (QED) is 0.530. The van der Waals surface area contributed by atoms with Gasteiger partial charge in [0.05, 0.1) is 13.1 Å². The van der Waals surface area contributed by atoms with Gasteiger partial charge in [-0.05, 0) is 44.0 Å². The molecule has 34 heavy (non-hydrogen) atoms. The SMILES string of the molecule is Cc1ccc([S+](=O)([O-])N2CCN(C(=O)c3nc4cccnc4n(C4CCCC4)c3=O)CC2)cc1. The fourth-order valence-corrected chi connectivity index (χ4v) is 6.24. The van der Waals surface area contributed by atoms with E-state index in [1.54, 1.807) is 47.2 Å². The normalized spacial score (nSPS) is 19.4. The monoisotopic (exact) mass is 481 g/mol. The number of piperazine rings is 1. The lowest BCUT2D eigenvalue weighted by atomic mass is 10.2. The predicted molar refractivity (Wildman–Crippen MR) is 127 cm³/mol. The van der Waals surface area contributed by atoms with Gasteiger partial charge in [-0.3, -0.25) is 14.2 Å². The van der Waals surface area contributed by atoms with Crippen LogP contribution in [0, 0.1) is 6.92 Å². The van der Waals surface area contributed by atoms with Crippen LogP contribution in [0.25, 0.3) is 11.2 Å². The summed E-state index contributed by atoms with van der Waals surface area (Å²) < 4.78 is 29.0. The number of pyridine rings is 1. The Morgan fingerprint density at radius 2 is 1.74 bits per heavy atom. The van der Waals surface area contributed by atoms with Crippen molar-refractivity contribution in [2.45, 2.75) is 43.5 Å². The molecule has 1 unspecified atom stereocenters. The highest BCUT2D eigenvalue weighted by Gasteiger charge is 2.36. The first kappa shape index (κ1) is 22.8. The summed E-state index contributed by atoms with van der Waals surface area (Å²) >= 11 is 0. The van der Waals surface area contributed by atoms with Gasteiger partial charge in [-0.1, -0.05) is 34.7 Å². The van der Waals surface area contributed by atoms with Crippen molar-refractivity contribution in [3.05, 3.63) is 64.2 Å². The second kappa shape index (κ2) is 9.01. The number of aryl methyl sites for hydroxylation is 1. The van der Waals surface area contributed by atoms with Crippen LogP contribution in [0.4, 0.5) is 0 Å². The molecule has 1 aliphatic carbocycles. The Morgan fingerprint density at radius 3 is 2.41 bits per heavy atom. The maximum atomic E-state index is 13.4. The Morgan fingerprint density at radius 1 is 1.06 bits per heavy atom. The number of hydrogen-bond donors (Lipinski definition) is 0. The molecular weight excluding hydrogens is 454 g/mol. The van der Waals surface area contributed by atoms with Crippen molar-refractivity contribution >= 4 is 27.5 Å². The molecule has 0 radical (unpaired) electrons. The van der Waals surface area contributed by atoms with Crippen LogP contribution in [0.5, 0.6) is 0 Å². The summed E-state index contributed by atoms with van der Waals surface area (Å²) in [5.74, 6) is -0.463. The van der Waals surface area contributed by atoms with Crippen LogP contribution in [-0.2, 0) is 14.6 Å².